The molecular weight excluding hydrogens is 303 g/mol. The van der Waals surface area contributed by atoms with Crippen LogP contribution in [-0.2, 0) is 15.8 Å². The minimum absolute atomic E-state index is 0.495. The highest BCUT2D eigenvalue weighted by Gasteiger charge is 2.36. The lowest BCUT2D eigenvalue weighted by Gasteiger charge is -2.24. The molecule has 0 bridgehead atoms. The number of carbonyl (C=O) groups is 2. The maximum absolute atomic E-state index is 12.8. The molecule has 0 aromatic heterocycles. The molecule has 1 aromatic carbocycles. The molecule has 1 aromatic rings. The fraction of sp³-hybridized carbons (Fsp3) is 0.429. The van der Waals surface area contributed by atoms with Gasteiger partial charge in [-0.1, -0.05) is 12.1 Å². The second-order valence-corrected chi connectivity index (χ2v) is 5.17. The largest absolute Gasteiger partial charge is 0.480 e. The van der Waals surface area contributed by atoms with Crippen LogP contribution in [0.25, 0.3) is 0 Å². The van der Waals surface area contributed by atoms with Gasteiger partial charge in [0.25, 0.3) is 5.91 Å². The second-order valence-electron chi connectivity index (χ2n) is 5.17. The van der Waals surface area contributed by atoms with Crippen LogP contribution in [0.15, 0.2) is 24.3 Å². The van der Waals surface area contributed by atoms with Crippen molar-refractivity contribution in [1.82, 2.24) is 5.32 Å². The molecule has 0 spiro atoms. The van der Waals surface area contributed by atoms with Crippen LogP contribution >= 0.6 is 0 Å². The van der Waals surface area contributed by atoms with Gasteiger partial charge in [0, 0.05) is 0 Å². The number of benzene rings is 1. The molecular formula is C14H16F3NO4. The molecule has 5 nitrogen and oxygen atoms in total. The van der Waals surface area contributed by atoms with E-state index in [-0.39, 0.29) is 0 Å². The number of ether oxygens (including phenoxy) is 1. The number of carboxylic acid groups (broad SMARTS) is 1. The van der Waals surface area contributed by atoms with E-state index in [1.165, 1.54) is 32.9 Å². The number of nitrogens with one attached hydrogen (secondary N) is 1. The number of carbonyl (C=O) groups excluding carboxylic acids is 1. The first-order chi connectivity index (χ1) is 9.95. The van der Waals surface area contributed by atoms with Crippen LogP contribution < -0.4 is 10.1 Å². The molecule has 0 radical (unpaired) electrons. The summed E-state index contributed by atoms with van der Waals surface area (Å²) in [5, 5.41) is 11.1. The van der Waals surface area contributed by atoms with Crippen LogP contribution in [0.1, 0.15) is 26.3 Å². The molecule has 0 heterocycles. The Morgan fingerprint density at radius 2 is 1.77 bits per heavy atom. The third kappa shape index (κ3) is 4.37. The Labute approximate surface area is 125 Å². The fourth-order valence-electron chi connectivity index (χ4n) is 1.51. The Kier molecular flexibility index (Phi) is 5.05. The lowest BCUT2D eigenvalue weighted by Crippen LogP contribution is -2.53. The average molecular weight is 319 g/mol. The Balaban J connectivity index is 2.88. The van der Waals surface area contributed by atoms with Gasteiger partial charge in [0.15, 0.2) is 6.10 Å². The number of halogens is 3. The van der Waals surface area contributed by atoms with Gasteiger partial charge in [-0.3, -0.25) is 4.79 Å². The van der Waals surface area contributed by atoms with Crippen LogP contribution in [-0.4, -0.2) is 28.6 Å². The monoisotopic (exact) mass is 319 g/mol. The first-order valence-corrected chi connectivity index (χ1v) is 6.33. The topological polar surface area (TPSA) is 75.6 Å². The Morgan fingerprint density at radius 1 is 1.23 bits per heavy atom. The summed E-state index contributed by atoms with van der Waals surface area (Å²) in [4.78, 5) is 22.8. The van der Waals surface area contributed by atoms with Gasteiger partial charge in [0.05, 0.1) is 5.56 Å². The van der Waals surface area contributed by atoms with Crippen molar-refractivity contribution in [3.8, 4) is 5.75 Å². The van der Waals surface area contributed by atoms with E-state index in [9.17, 15) is 22.8 Å². The van der Waals surface area contributed by atoms with Gasteiger partial charge in [-0.2, -0.15) is 13.2 Å². The summed E-state index contributed by atoms with van der Waals surface area (Å²) in [6.45, 7) is 3.74. The van der Waals surface area contributed by atoms with Gasteiger partial charge in [-0.25, -0.2) is 4.79 Å². The molecule has 8 heteroatoms. The number of carboxylic acids is 1. The summed E-state index contributed by atoms with van der Waals surface area (Å²) in [5.74, 6) is -2.60. The third-order valence-corrected chi connectivity index (χ3v) is 2.84. The van der Waals surface area contributed by atoms with Gasteiger partial charge in [0.1, 0.15) is 11.3 Å². The zero-order valence-corrected chi connectivity index (χ0v) is 12.2. The zero-order valence-electron chi connectivity index (χ0n) is 12.2. The smallest absolute Gasteiger partial charge is 0.419 e. The SMILES string of the molecule is CC(Oc1ccccc1C(F)(F)F)C(=O)NC(C)(C)C(=O)O. The van der Waals surface area contributed by atoms with Crippen LogP contribution in [0.3, 0.4) is 0 Å². The van der Waals surface area contributed by atoms with Crippen molar-refractivity contribution in [2.75, 3.05) is 0 Å². The first-order valence-electron chi connectivity index (χ1n) is 6.33. The number of alkyl halides is 3. The zero-order chi connectivity index (χ0) is 17.1. The van der Waals surface area contributed by atoms with Crippen molar-refractivity contribution in [2.45, 2.75) is 38.6 Å². The summed E-state index contributed by atoms with van der Waals surface area (Å²) in [6, 6.07) is 4.47. The molecule has 0 aliphatic heterocycles. The summed E-state index contributed by atoms with van der Waals surface area (Å²) in [5.41, 5.74) is -2.56. The quantitative estimate of drug-likeness (QED) is 0.874. The lowest BCUT2D eigenvalue weighted by molar-refractivity contribution is -0.147. The minimum Gasteiger partial charge on any atom is -0.480 e. The molecule has 1 unspecified atom stereocenters. The lowest BCUT2D eigenvalue weighted by atomic mass is 10.1. The van der Waals surface area contributed by atoms with Crippen molar-refractivity contribution in [2.24, 2.45) is 0 Å². The van der Waals surface area contributed by atoms with E-state index in [4.69, 9.17) is 9.84 Å². The van der Waals surface area contributed by atoms with E-state index in [1.807, 2.05) is 0 Å². The molecule has 1 rings (SSSR count). The maximum Gasteiger partial charge on any atom is 0.419 e. The normalized spacial score (nSPS) is 13.4. The van der Waals surface area contributed by atoms with Gasteiger partial charge >= 0.3 is 12.1 Å². The molecule has 0 aliphatic carbocycles. The highest BCUT2D eigenvalue weighted by Crippen LogP contribution is 2.36. The van der Waals surface area contributed by atoms with Crippen molar-refractivity contribution in [3.63, 3.8) is 0 Å². The van der Waals surface area contributed by atoms with Crippen LogP contribution in [0.5, 0.6) is 5.75 Å². The summed E-state index contributed by atoms with van der Waals surface area (Å²) in [7, 11) is 0. The molecule has 1 atom stereocenters. The van der Waals surface area contributed by atoms with Gasteiger partial charge in [-0.15, -0.1) is 0 Å². The number of aliphatic carboxylic acids is 1. The van der Waals surface area contributed by atoms with Crippen molar-refractivity contribution in [1.29, 1.82) is 0 Å². The van der Waals surface area contributed by atoms with Crippen LogP contribution in [0.2, 0.25) is 0 Å². The molecule has 2 N–H and O–H groups in total. The van der Waals surface area contributed by atoms with Gasteiger partial charge < -0.3 is 15.2 Å². The molecule has 0 aliphatic rings. The highest BCUT2D eigenvalue weighted by molar-refractivity contribution is 5.88. The Bertz CT molecular complexity index is 569. The molecule has 122 valence electrons. The maximum atomic E-state index is 12.8. The van der Waals surface area contributed by atoms with E-state index < -0.39 is 41.0 Å². The summed E-state index contributed by atoms with van der Waals surface area (Å²) in [6.07, 6.45) is -5.91. The van der Waals surface area contributed by atoms with Crippen molar-refractivity contribution < 1.29 is 32.6 Å². The predicted molar refractivity (Wildman–Crippen MR) is 71.4 cm³/mol. The van der Waals surface area contributed by atoms with Crippen molar-refractivity contribution >= 4 is 11.9 Å². The van der Waals surface area contributed by atoms with E-state index in [2.05, 4.69) is 5.32 Å². The van der Waals surface area contributed by atoms with Crippen LogP contribution in [0, 0.1) is 0 Å². The van der Waals surface area contributed by atoms with E-state index in [0.717, 1.165) is 12.1 Å². The number of hydrogen-bond donors (Lipinski definition) is 2. The molecule has 0 saturated carbocycles. The summed E-state index contributed by atoms with van der Waals surface area (Å²) < 4.78 is 43.5. The number of hydrogen-bond acceptors (Lipinski definition) is 3. The third-order valence-electron chi connectivity index (χ3n) is 2.84. The molecule has 1 amide bonds. The first kappa shape index (κ1) is 17.8. The van der Waals surface area contributed by atoms with Gasteiger partial charge in [0.2, 0.25) is 0 Å². The average Bonchev–Trinajstić information content (AvgIpc) is 2.37. The second kappa shape index (κ2) is 6.25. The molecule has 0 saturated heterocycles. The number of amides is 1. The Morgan fingerprint density at radius 3 is 2.27 bits per heavy atom. The van der Waals surface area contributed by atoms with Crippen molar-refractivity contribution in [3.05, 3.63) is 29.8 Å². The number of rotatable bonds is 5. The van der Waals surface area contributed by atoms with Crippen LogP contribution in [0.4, 0.5) is 13.2 Å². The van der Waals surface area contributed by atoms with E-state index in [1.54, 1.807) is 0 Å². The fourth-order valence-corrected chi connectivity index (χ4v) is 1.51. The van der Waals surface area contributed by atoms with E-state index in [0.29, 0.717) is 0 Å². The minimum atomic E-state index is -4.62. The predicted octanol–water partition coefficient (Wildman–Crippen LogP) is 2.45. The standard InChI is InChI=1S/C14H16F3NO4/c1-8(11(19)18-13(2,3)12(20)21)22-10-7-5-4-6-9(10)14(15,16)17/h4-8H,1-3H3,(H,18,19)(H,20,21). The van der Waals surface area contributed by atoms with Gasteiger partial charge in [-0.05, 0) is 32.9 Å². The Hall–Kier alpha value is -2.25. The van der Waals surface area contributed by atoms with E-state index >= 15 is 0 Å². The number of para-hydroxylation sites is 1. The summed E-state index contributed by atoms with van der Waals surface area (Å²) >= 11 is 0. The molecule has 0 fully saturated rings. The molecule has 22 heavy (non-hydrogen) atoms. The highest BCUT2D eigenvalue weighted by atomic mass is 19.4.